The highest BCUT2D eigenvalue weighted by molar-refractivity contribution is 7.89. The lowest BCUT2D eigenvalue weighted by atomic mass is 10.1. The Morgan fingerprint density at radius 1 is 1.00 bits per heavy atom. The van der Waals surface area contributed by atoms with Crippen LogP contribution < -0.4 is 0 Å². The smallest absolute Gasteiger partial charge is 0.243 e. The second kappa shape index (κ2) is 9.73. The molecule has 1 heterocycles. The van der Waals surface area contributed by atoms with Crippen LogP contribution in [0.1, 0.15) is 23.6 Å². The van der Waals surface area contributed by atoms with Gasteiger partial charge in [0.2, 0.25) is 15.9 Å². The molecule has 162 valence electrons. The number of carbonyl (C=O) groups is 1. The van der Waals surface area contributed by atoms with E-state index in [4.69, 9.17) is 0 Å². The highest BCUT2D eigenvalue weighted by Gasteiger charge is 2.27. The van der Waals surface area contributed by atoms with Gasteiger partial charge in [-0.2, -0.15) is 4.31 Å². The molecule has 2 aromatic carbocycles. The van der Waals surface area contributed by atoms with Gasteiger partial charge in [0.1, 0.15) is 0 Å². The summed E-state index contributed by atoms with van der Waals surface area (Å²) >= 11 is 0. The van der Waals surface area contributed by atoms with E-state index >= 15 is 0 Å². The van der Waals surface area contributed by atoms with Crippen LogP contribution in [0.4, 0.5) is 0 Å². The van der Waals surface area contributed by atoms with Gasteiger partial charge >= 0.3 is 0 Å². The van der Waals surface area contributed by atoms with Crippen LogP contribution in [0.15, 0.2) is 53.4 Å². The van der Waals surface area contributed by atoms with Gasteiger partial charge in [0.15, 0.2) is 0 Å². The molecule has 0 aromatic heterocycles. The number of aryl methyl sites for hydroxylation is 2. The molecule has 1 fully saturated rings. The molecule has 0 saturated carbocycles. The molecular formula is C23H31N3O3S. The number of carbonyl (C=O) groups excluding carboxylic acids is 1. The van der Waals surface area contributed by atoms with E-state index in [0.717, 1.165) is 35.9 Å². The average molecular weight is 430 g/mol. The molecule has 1 aliphatic rings. The highest BCUT2D eigenvalue weighted by Crippen LogP contribution is 2.16. The second-order valence-corrected chi connectivity index (χ2v) is 9.95. The number of benzene rings is 2. The summed E-state index contributed by atoms with van der Waals surface area (Å²) in [5.41, 5.74) is 3.60. The topological polar surface area (TPSA) is 60.9 Å². The van der Waals surface area contributed by atoms with E-state index in [-0.39, 0.29) is 17.3 Å². The van der Waals surface area contributed by atoms with Crippen molar-refractivity contribution < 1.29 is 13.2 Å². The number of hydrogen-bond acceptors (Lipinski definition) is 4. The Labute approximate surface area is 180 Å². The number of nitrogens with zero attached hydrogens (tertiary/aromatic N) is 3. The van der Waals surface area contributed by atoms with E-state index in [1.54, 1.807) is 17.0 Å². The number of hydrogen-bond donors (Lipinski definition) is 0. The van der Waals surface area contributed by atoms with Crippen molar-refractivity contribution in [1.82, 2.24) is 14.1 Å². The van der Waals surface area contributed by atoms with Crippen LogP contribution in [-0.2, 0) is 27.8 Å². The molecule has 0 atom stereocenters. The third-order valence-corrected chi connectivity index (χ3v) is 7.43. The Morgan fingerprint density at radius 2 is 1.67 bits per heavy atom. The van der Waals surface area contributed by atoms with Crippen molar-refractivity contribution in [3.63, 3.8) is 0 Å². The first-order chi connectivity index (χ1) is 14.3. The number of sulfonamides is 1. The fourth-order valence-corrected chi connectivity index (χ4v) is 4.80. The number of likely N-dealkylation sites (N-methyl/N-ethyl adjacent to an activating group) is 1. The summed E-state index contributed by atoms with van der Waals surface area (Å²) in [4.78, 5) is 17.0. The molecule has 2 aromatic rings. The predicted octanol–water partition coefficient (Wildman–Crippen LogP) is 2.52. The minimum atomic E-state index is -3.68. The minimum absolute atomic E-state index is 0.143. The molecule has 3 rings (SSSR count). The summed E-state index contributed by atoms with van der Waals surface area (Å²) in [5, 5.41) is 0. The fourth-order valence-electron chi connectivity index (χ4n) is 3.68. The monoisotopic (exact) mass is 429 g/mol. The predicted molar refractivity (Wildman–Crippen MR) is 119 cm³/mol. The number of amides is 1. The summed E-state index contributed by atoms with van der Waals surface area (Å²) in [6.07, 6.45) is 0.852. The molecule has 0 unspecified atom stereocenters. The van der Waals surface area contributed by atoms with Crippen molar-refractivity contribution in [2.75, 3.05) is 39.8 Å². The highest BCUT2D eigenvalue weighted by atomic mass is 32.2. The fraction of sp³-hybridized carbons (Fsp3) is 0.435. The maximum absolute atomic E-state index is 12.8. The first-order valence-corrected chi connectivity index (χ1v) is 11.8. The van der Waals surface area contributed by atoms with E-state index < -0.39 is 10.0 Å². The molecule has 1 aliphatic heterocycles. The lowest BCUT2D eigenvalue weighted by molar-refractivity contribution is -0.133. The van der Waals surface area contributed by atoms with Crippen molar-refractivity contribution in [1.29, 1.82) is 0 Å². The third-order valence-electron chi connectivity index (χ3n) is 5.61. The molecule has 1 saturated heterocycles. The van der Waals surface area contributed by atoms with Crippen LogP contribution in [0.25, 0.3) is 0 Å². The van der Waals surface area contributed by atoms with Gasteiger partial charge in [-0.15, -0.1) is 0 Å². The van der Waals surface area contributed by atoms with Gasteiger partial charge in [0.25, 0.3) is 0 Å². The summed E-state index contributed by atoms with van der Waals surface area (Å²) in [7, 11) is -2.21. The van der Waals surface area contributed by atoms with Gasteiger partial charge < -0.3 is 4.90 Å². The van der Waals surface area contributed by atoms with Crippen LogP contribution >= 0.6 is 0 Å². The van der Waals surface area contributed by atoms with Crippen LogP contribution in [0, 0.1) is 6.92 Å². The number of piperazine rings is 1. The van der Waals surface area contributed by atoms with Crippen LogP contribution in [0.3, 0.4) is 0 Å². The maximum Gasteiger partial charge on any atom is 0.243 e. The quantitative estimate of drug-likeness (QED) is 0.679. The SMILES string of the molecule is CCc1ccc(S(=O)(=O)N(C)CC(=O)N2CCN(Cc3cccc(C)c3)CC2)cc1. The Hall–Kier alpha value is -2.22. The van der Waals surface area contributed by atoms with Gasteiger partial charge in [-0.3, -0.25) is 9.69 Å². The van der Waals surface area contributed by atoms with Gasteiger partial charge in [-0.05, 0) is 36.6 Å². The van der Waals surface area contributed by atoms with Crippen molar-refractivity contribution in [3.05, 3.63) is 65.2 Å². The minimum Gasteiger partial charge on any atom is -0.339 e. The zero-order chi connectivity index (χ0) is 21.7. The van der Waals surface area contributed by atoms with Crippen molar-refractivity contribution in [2.45, 2.75) is 31.7 Å². The van der Waals surface area contributed by atoms with E-state index in [1.165, 1.54) is 18.2 Å². The standard InChI is InChI=1S/C23H31N3O3S/c1-4-20-8-10-22(11-9-20)30(28,29)24(3)18-23(27)26-14-12-25(13-15-26)17-21-7-5-6-19(2)16-21/h5-11,16H,4,12-15,17-18H2,1-3H3. The van der Waals surface area contributed by atoms with Crippen LogP contribution in [0.2, 0.25) is 0 Å². The molecule has 6 nitrogen and oxygen atoms in total. The summed E-state index contributed by atoms with van der Waals surface area (Å²) in [6, 6.07) is 15.3. The molecule has 0 radical (unpaired) electrons. The Morgan fingerprint density at radius 3 is 2.27 bits per heavy atom. The Balaban J connectivity index is 1.53. The van der Waals surface area contributed by atoms with Gasteiger partial charge in [0, 0.05) is 39.8 Å². The van der Waals surface area contributed by atoms with E-state index in [1.807, 2.05) is 19.1 Å². The van der Waals surface area contributed by atoms with Crippen molar-refractivity contribution >= 4 is 15.9 Å². The molecule has 7 heteroatoms. The maximum atomic E-state index is 12.8. The first kappa shape index (κ1) is 22.5. The van der Waals surface area contributed by atoms with Gasteiger partial charge in [0.05, 0.1) is 11.4 Å². The summed E-state index contributed by atoms with van der Waals surface area (Å²) in [6.45, 7) is 7.63. The zero-order valence-electron chi connectivity index (χ0n) is 18.0. The van der Waals surface area contributed by atoms with E-state index in [2.05, 4.69) is 36.1 Å². The Kier molecular flexibility index (Phi) is 7.28. The molecule has 0 aliphatic carbocycles. The molecule has 0 spiro atoms. The summed E-state index contributed by atoms with van der Waals surface area (Å²) in [5.74, 6) is -0.151. The Bertz CT molecular complexity index is 965. The lowest BCUT2D eigenvalue weighted by Crippen LogP contribution is -2.51. The third kappa shape index (κ3) is 5.47. The number of rotatable bonds is 7. The molecule has 0 bridgehead atoms. The zero-order valence-corrected chi connectivity index (χ0v) is 18.9. The molecule has 30 heavy (non-hydrogen) atoms. The lowest BCUT2D eigenvalue weighted by Gasteiger charge is -2.35. The van der Waals surface area contributed by atoms with E-state index in [0.29, 0.717) is 13.1 Å². The molecule has 1 amide bonds. The van der Waals surface area contributed by atoms with E-state index in [9.17, 15) is 13.2 Å². The van der Waals surface area contributed by atoms with Crippen LogP contribution in [-0.4, -0.2) is 68.2 Å². The second-order valence-electron chi connectivity index (χ2n) is 7.90. The van der Waals surface area contributed by atoms with Gasteiger partial charge in [-0.25, -0.2) is 8.42 Å². The van der Waals surface area contributed by atoms with Crippen molar-refractivity contribution in [3.8, 4) is 0 Å². The normalized spacial score (nSPS) is 15.5. The molecule has 0 N–H and O–H groups in total. The molecular weight excluding hydrogens is 398 g/mol. The largest absolute Gasteiger partial charge is 0.339 e. The first-order valence-electron chi connectivity index (χ1n) is 10.4. The summed E-state index contributed by atoms with van der Waals surface area (Å²) < 4.78 is 26.7. The van der Waals surface area contributed by atoms with Crippen LogP contribution in [0.5, 0.6) is 0 Å². The van der Waals surface area contributed by atoms with Gasteiger partial charge in [-0.1, -0.05) is 48.9 Å². The van der Waals surface area contributed by atoms with Crippen molar-refractivity contribution in [2.24, 2.45) is 0 Å². The average Bonchev–Trinajstić information content (AvgIpc) is 2.74.